The molecule has 2 rings (SSSR count). The van der Waals surface area contributed by atoms with Crippen LogP contribution in [0.5, 0.6) is 0 Å². The molecule has 3 nitrogen and oxygen atoms in total. The third kappa shape index (κ3) is 1.38. The third-order valence-corrected chi connectivity index (χ3v) is 3.23. The minimum Gasteiger partial charge on any atom is -0.478 e. The predicted molar refractivity (Wildman–Crippen MR) is 56.7 cm³/mol. The molecule has 0 aliphatic heterocycles. The maximum Gasteiger partial charge on any atom is 0.337 e. The lowest BCUT2D eigenvalue weighted by molar-refractivity contribution is 0.0699. The number of thiophene rings is 1. The van der Waals surface area contributed by atoms with Crippen LogP contribution in [0.1, 0.15) is 15.2 Å². The summed E-state index contributed by atoms with van der Waals surface area (Å²) >= 11 is 1.45. The largest absolute Gasteiger partial charge is 0.478 e. The molecule has 0 fully saturated rings. The SMILES string of the molecule is NCc1cc2cccc(C(=O)O)c2s1. The van der Waals surface area contributed by atoms with Gasteiger partial charge in [0.25, 0.3) is 0 Å². The molecule has 0 aliphatic carbocycles. The van der Waals surface area contributed by atoms with Crippen molar-refractivity contribution >= 4 is 27.4 Å². The van der Waals surface area contributed by atoms with Gasteiger partial charge in [-0.25, -0.2) is 4.79 Å². The highest BCUT2D eigenvalue weighted by Gasteiger charge is 2.10. The Hall–Kier alpha value is -1.39. The van der Waals surface area contributed by atoms with Crippen LogP contribution in [0.25, 0.3) is 10.1 Å². The highest BCUT2D eigenvalue weighted by molar-refractivity contribution is 7.19. The fourth-order valence-electron chi connectivity index (χ4n) is 1.39. The maximum atomic E-state index is 10.9. The molecular formula is C10H9NO2S. The average Bonchev–Trinajstić information content (AvgIpc) is 2.59. The van der Waals surface area contributed by atoms with Crippen LogP contribution in [0, 0.1) is 0 Å². The van der Waals surface area contributed by atoms with Crippen LogP contribution < -0.4 is 5.73 Å². The molecule has 0 radical (unpaired) electrons. The van der Waals surface area contributed by atoms with E-state index in [1.165, 1.54) is 11.3 Å². The van der Waals surface area contributed by atoms with Gasteiger partial charge in [0.2, 0.25) is 0 Å². The van der Waals surface area contributed by atoms with E-state index in [1.807, 2.05) is 12.1 Å². The quantitative estimate of drug-likeness (QED) is 0.792. The molecule has 3 N–H and O–H groups in total. The lowest BCUT2D eigenvalue weighted by Gasteiger charge is -1.94. The van der Waals surface area contributed by atoms with Gasteiger partial charge in [-0.05, 0) is 17.5 Å². The summed E-state index contributed by atoms with van der Waals surface area (Å²) in [7, 11) is 0. The van der Waals surface area contributed by atoms with E-state index in [0.717, 1.165) is 15.0 Å². The normalized spacial score (nSPS) is 10.6. The van der Waals surface area contributed by atoms with E-state index in [-0.39, 0.29) is 0 Å². The summed E-state index contributed by atoms with van der Waals surface area (Å²) < 4.78 is 0.806. The summed E-state index contributed by atoms with van der Waals surface area (Å²) in [6, 6.07) is 7.20. The molecule has 0 aliphatic rings. The molecule has 4 heteroatoms. The van der Waals surface area contributed by atoms with E-state index in [0.29, 0.717) is 12.1 Å². The summed E-state index contributed by atoms with van der Waals surface area (Å²) in [6.07, 6.45) is 0. The first-order chi connectivity index (χ1) is 6.72. The molecule has 0 atom stereocenters. The van der Waals surface area contributed by atoms with Crippen LogP contribution in [0.2, 0.25) is 0 Å². The minimum absolute atomic E-state index is 0.354. The molecule has 14 heavy (non-hydrogen) atoms. The minimum atomic E-state index is -0.888. The number of carboxylic acid groups (broad SMARTS) is 1. The van der Waals surface area contributed by atoms with E-state index in [2.05, 4.69) is 0 Å². The second kappa shape index (κ2) is 3.40. The standard InChI is InChI=1S/C10H9NO2S/c11-5-7-4-6-2-1-3-8(10(12)13)9(6)14-7/h1-4H,5,11H2,(H,12,13). The average molecular weight is 207 g/mol. The molecule has 0 spiro atoms. The van der Waals surface area contributed by atoms with Crippen LogP contribution in [0.15, 0.2) is 24.3 Å². The smallest absolute Gasteiger partial charge is 0.337 e. The molecule has 0 unspecified atom stereocenters. The summed E-state index contributed by atoms with van der Waals surface area (Å²) in [5, 5.41) is 9.89. The lowest BCUT2D eigenvalue weighted by atomic mass is 10.1. The second-order valence-corrected chi connectivity index (χ2v) is 4.08. The molecule has 0 saturated heterocycles. The van der Waals surface area contributed by atoms with Crippen molar-refractivity contribution in [1.29, 1.82) is 0 Å². The Morgan fingerprint density at radius 2 is 2.29 bits per heavy atom. The third-order valence-electron chi connectivity index (χ3n) is 2.03. The van der Waals surface area contributed by atoms with E-state index >= 15 is 0 Å². The van der Waals surface area contributed by atoms with Gasteiger partial charge >= 0.3 is 5.97 Å². The van der Waals surface area contributed by atoms with Gasteiger partial charge in [0.1, 0.15) is 0 Å². The number of rotatable bonds is 2. The van der Waals surface area contributed by atoms with Crippen molar-refractivity contribution in [2.45, 2.75) is 6.54 Å². The number of carbonyl (C=O) groups is 1. The Labute approximate surface area is 84.8 Å². The van der Waals surface area contributed by atoms with E-state index in [9.17, 15) is 4.79 Å². The van der Waals surface area contributed by atoms with Gasteiger partial charge in [0, 0.05) is 16.1 Å². The van der Waals surface area contributed by atoms with Gasteiger partial charge < -0.3 is 10.8 Å². The molecule has 72 valence electrons. The maximum absolute atomic E-state index is 10.9. The van der Waals surface area contributed by atoms with Crippen LogP contribution in [0.3, 0.4) is 0 Å². The Morgan fingerprint density at radius 1 is 1.50 bits per heavy atom. The van der Waals surface area contributed by atoms with Crippen molar-refractivity contribution in [2.75, 3.05) is 0 Å². The topological polar surface area (TPSA) is 63.3 Å². The van der Waals surface area contributed by atoms with Gasteiger partial charge in [0.15, 0.2) is 0 Å². The van der Waals surface area contributed by atoms with Gasteiger partial charge in [-0.3, -0.25) is 0 Å². The zero-order chi connectivity index (χ0) is 10.1. The first kappa shape index (κ1) is 9.18. The summed E-state index contributed by atoms with van der Waals surface area (Å²) in [6.45, 7) is 0.457. The first-order valence-electron chi connectivity index (χ1n) is 4.17. The Kier molecular flexibility index (Phi) is 2.23. The molecule has 0 bridgehead atoms. The summed E-state index contributed by atoms with van der Waals surface area (Å²) in [5.74, 6) is -0.888. The predicted octanol–water partition coefficient (Wildman–Crippen LogP) is 2.06. The summed E-state index contributed by atoms with van der Waals surface area (Å²) in [5.41, 5.74) is 5.86. The Bertz CT molecular complexity index is 490. The molecule has 1 aromatic heterocycles. The second-order valence-electron chi connectivity index (χ2n) is 2.95. The van der Waals surface area contributed by atoms with Crippen LogP contribution in [0.4, 0.5) is 0 Å². The molecule has 2 aromatic rings. The molecule has 1 aromatic carbocycles. The van der Waals surface area contributed by atoms with Crippen LogP contribution in [-0.4, -0.2) is 11.1 Å². The van der Waals surface area contributed by atoms with Crippen molar-refractivity contribution in [3.8, 4) is 0 Å². The number of hydrogen-bond acceptors (Lipinski definition) is 3. The van der Waals surface area contributed by atoms with E-state index in [4.69, 9.17) is 10.8 Å². The highest BCUT2D eigenvalue weighted by atomic mass is 32.1. The number of benzene rings is 1. The number of nitrogens with two attached hydrogens (primary N) is 1. The van der Waals surface area contributed by atoms with Crippen molar-refractivity contribution in [3.63, 3.8) is 0 Å². The van der Waals surface area contributed by atoms with Crippen molar-refractivity contribution < 1.29 is 9.90 Å². The van der Waals surface area contributed by atoms with Gasteiger partial charge in [-0.2, -0.15) is 0 Å². The fraction of sp³-hybridized carbons (Fsp3) is 0.100. The Morgan fingerprint density at radius 3 is 2.93 bits per heavy atom. The van der Waals surface area contributed by atoms with Crippen molar-refractivity contribution in [1.82, 2.24) is 0 Å². The Balaban J connectivity index is 2.73. The number of carboxylic acids is 1. The molecule has 0 saturated carbocycles. The van der Waals surface area contributed by atoms with E-state index < -0.39 is 5.97 Å². The van der Waals surface area contributed by atoms with Crippen LogP contribution in [-0.2, 0) is 6.54 Å². The molecule has 0 amide bonds. The fourth-order valence-corrected chi connectivity index (χ4v) is 2.43. The number of fused-ring (bicyclic) bond motifs is 1. The first-order valence-corrected chi connectivity index (χ1v) is 4.99. The van der Waals surface area contributed by atoms with Gasteiger partial charge in [-0.15, -0.1) is 11.3 Å². The zero-order valence-corrected chi connectivity index (χ0v) is 8.17. The summed E-state index contributed by atoms with van der Waals surface area (Å²) in [4.78, 5) is 11.9. The number of hydrogen-bond donors (Lipinski definition) is 2. The van der Waals surface area contributed by atoms with Gasteiger partial charge in [0.05, 0.1) is 5.56 Å². The van der Waals surface area contributed by atoms with Crippen molar-refractivity contribution in [3.05, 3.63) is 34.7 Å². The van der Waals surface area contributed by atoms with Crippen molar-refractivity contribution in [2.24, 2.45) is 5.73 Å². The van der Waals surface area contributed by atoms with Gasteiger partial charge in [-0.1, -0.05) is 12.1 Å². The molecule has 1 heterocycles. The number of aromatic carboxylic acids is 1. The molecular weight excluding hydrogens is 198 g/mol. The van der Waals surface area contributed by atoms with Crippen LogP contribution >= 0.6 is 11.3 Å². The lowest BCUT2D eigenvalue weighted by Crippen LogP contribution is -1.94. The zero-order valence-electron chi connectivity index (χ0n) is 7.36. The monoisotopic (exact) mass is 207 g/mol. The highest BCUT2D eigenvalue weighted by Crippen LogP contribution is 2.28. The van der Waals surface area contributed by atoms with E-state index in [1.54, 1.807) is 12.1 Å².